The third kappa shape index (κ3) is 2.05. The van der Waals surface area contributed by atoms with Gasteiger partial charge in [-0.3, -0.25) is 4.79 Å². The van der Waals surface area contributed by atoms with Gasteiger partial charge in [0.1, 0.15) is 0 Å². The van der Waals surface area contributed by atoms with Crippen molar-refractivity contribution in [2.75, 3.05) is 6.54 Å². The first-order chi connectivity index (χ1) is 7.63. The zero-order chi connectivity index (χ0) is 11.6. The van der Waals surface area contributed by atoms with Gasteiger partial charge >= 0.3 is 0 Å². The normalized spacial score (nSPS) is 26.0. The van der Waals surface area contributed by atoms with E-state index < -0.39 is 11.6 Å². The van der Waals surface area contributed by atoms with E-state index in [0.717, 1.165) is 6.42 Å². The molecule has 0 saturated carbocycles. The Bertz CT molecular complexity index is 393. The van der Waals surface area contributed by atoms with Gasteiger partial charge in [-0.2, -0.15) is 0 Å². The maximum absolute atomic E-state index is 14.6. The number of benzene rings is 1. The van der Waals surface area contributed by atoms with Gasteiger partial charge < -0.3 is 5.32 Å². The molecule has 0 bridgehead atoms. The molecule has 1 aliphatic rings. The van der Waals surface area contributed by atoms with Crippen LogP contribution in [0.2, 0.25) is 5.02 Å². The highest BCUT2D eigenvalue weighted by Gasteiger charge is 2.40. The van der Waals surface area contributed by atoms with Crippen molar-refractivity contribution in [2.45, 2.75) is 24.9 Å². The summed E-state index contributed by atoms with van der Waals surface area (Å²) in [7, 11) is 0. The number of carbonyl (C=O) groups is 1. The van der Waals surface area contributed by atoms with E-state index in [1.54, 1.807) is 24.3 Å². The Hall–Kier alpha value is -1.09. The molecule has 1 fully saturated rings. The van der Waals surface area contributed by atoms with E-state index in [2.05, 4.69) is 5.32 Å². The Morgan fingerprint density at radius 3 is 2.62 bits per heavy atom. The molecule has 1 aliphatic heterocycles. The van der Waals surface area contributed by atoms with Crippen LogP contribution in [-0.2, 0) is 10.5 Å². The van der Waals surface area contributed by atoms with E-state index >= 15 is 0 Å². The van der Waals surface area contributed by atoms with Gasteiger partial charge in [0.15, 0.2) is 0 Å². The molecule has 1 atom stereocenters. The van der Waals surface area contributed by atoms with Gasteiger partial charge in [-0.25, -0.2) is 4.39 Å². The maximum atomic E-state index is 14.6. The van der Waals surface area contributed by atoms with Gasteiger partial charge in [-0.05, 0) is 37.0 Å². The van der Waals surface area contributed by atoms with Crippen molar-refractivity contribution in [3.05, 3.63) is 34.9 Å². The monoisotopic (exact) mass is 241 g/mol. The third-order valence-corrected chi connectivity index (χ3v) is 3.15. The zero-order valence-corrected chi connectivity index (χ0v) is 9.56. The first-order valence-electron chi connectivity index (χ1n) is 5.36. The van der Waals surface area contributed by atoms with Gasteiger partial charge in [0.05, 0.1) is 0 Å². The Labute approximate surface area is 98.8 Å². The molecule has 4 heteroatoms. The fraction of sp³-hybridized carbons (Fsp3) is 0.417. The number of alkyl halides is 1. The molecule has 1 N–H and O–H groups in total. The average Bonchev–Trinajstić information content (AvgIpc) is 2.44. The second-order valence-corrected chi connectivity index (χ2v) is 4.46. The molecule has 0 spiro atoms. The van der Waals surface area contributed by atoms with Gasteiger partial charge in [0.25, 0.3) is 5.91 Å². The van der Waals surface area contributed by atoms with Crippen LogP contribution in [-0.4, -0.2) is 12.5 Å². The van der Waals surface area contributed by atoms with Crippen LogP contribution >= 0.6 is 11.6 Å². The van der Waals surface area contributed by atoms with Crippen molar-refractivity contribution in [1.29, 1.82) is 0 Å². The second kappa shape index (κ2) is 4.42. The van der Waals surface area contributed by atoms with Crippen LogP contribution in [0.15, 0.2) is 24.3 Å². The molecule has 1 heterocycles. The number of hydrogen-bond acceptors (Lipinski definition) is 1. The van der Waals surface area contributed by atoms with E-state index in [0.29, 0.717) is 23.6 Å². The quantitative estimate of drug-likeness (QED) is 0.805. The van der Waals surface area contributed by atoms with Crippen molar-refractivity contribution < 1.29 is 9.18 Å². The number of carbonyl (C=O) groups excluding carboxylic acids is 1. The minimum atomic E-state index is -1.90. The van der Waals surface area contributed by atoms with E-state index in [9.17, 15) is 9.18 Å². The summed E-state index contributed by atoms with van der Waals surface area (Å²) in [6.45, 7) is 0.554. The Kier molecular flexibility index (Phi) is 3.15. The first kappa shape index (κ1) is 11.4. The number of amides is 1. The molecular formula is C12H13ClFNO. The highest BCUT2D eigenvalue weighted by molar-refractivity contribution is 6.30. The lowest BCUT2D eigenvalue weighted by atomic mass is 9.90. The lowest BCUT2D eigenvalue weighted by Gasteiger charge is -2.22. The lowest BCUT2D eigenvalue weighted by molar-refractivity contribution is -0.133. The summed E-state index contributed by atoms with van der Waals surface area (Å²) in [4.78, 5) is 11.7. The molecular weight excluding hydrogens is 229 g/mol. The van der Waals surface area contributed by atoms with E-state index in [-0.39, 0.29) is 6.42 Å². The van der Waals surface area contributed by atoms with E-state index in [4.69, 9.17) is 11.6 Å². The van der Waals surface area contributed by atoms with Crippen molar-refractivity contribution in [3.63, 3.8) is 0 Å². The number of rotatable bonds is 1. The summed E-state index contributed by atoms with van der Waals surface area (Å²) in [6.07, 6.45) is 1.77. The molecule has 86 valence electrons. The van der Waals surface area contributed by atoms with Crippen LogP contribution < -0.4 is 5.32 Å². The zero-order valence-electron chi connectivity index (χ0n) is 8.80. The van der Waals surface area contributed by atoms with Crippen LogP contribution in [0, 0.1) is 0 Å². The fourth-order valence-electron chi connectivity index (χ4n) is 1.94. The molecule has 1 aromatic carbocycles. The summed E-state index contributed by atoms with van der Waals surface area (Å²) in [5.74, 6) is -0.535. The largest absolute Gasteiger partial charge is 0.353 e. The summed E-state index contributed by atoms with van der Waals surface area (Å²) < 4.78 is 14.6. The Balaban J connectivity index is 2.34. The predicted octanol–water partition coefficient (Wildman–Crippen LogP) is 2.80. The van der Waals surface area contributed by atoms with Crippen LogP contribution in [0.5, 0.6) is 0 Å². The predicted molar refractivity (Wildman–Crippen MR) is 61.1 cm³/mol. The van der Waals surface area contributed by atoms with Crippen LogP contribution in [0.1, 0.15) is 24.8 Å². The molecule has 1 amide bonds. The van der Waals surface area contributed by atoms with Crippen molar-refractivity contribution in [1.82, 2.24) is 5.32 Å². The van der Waals surface area contributed by atoms with Crippen LogP contribution in [0.4, 0.5) is 4.39 Å². The molecule has 1 saturated heterocycles. The number of nitrogens with one attached hydrogen (secondary N) is 1. The first-order valence-corrected chi connectivity index (χ1v) is 5.74. The van der Waals surface area contributed by atoms with Crippen molar-refractivity contribution in [2.24, 2.45) is 0 Å². The summed E-state index contributed by atoms with van der Waals surface area (Å²) in [5.41, 5.74) is -1.52. The fourth-order valence-corrected chi connectivity index (χ4v) is 2.06. The highest BCUT2D eigenvalue weighted by Crippen LogP contribution is 2.34. The van der Waals surface area contributed by atoms with E-state index in [1.807, 2.05) is 0 Å². The van der Waals surface area contributed by atoms with Gasteiger partial charge in [0.2, 0.25) is 5.67 Å². The molecule has 0 radical (unpaired) electrons. The van der Waals surface area contributed by atoms with E-state index in [1.165, 1.54) is 0 Å². The molecule has 2 rings (SSSR count). The highest BCUT2D eigenvalue weighted by atomic mass is 35.5. The summed E-state index contributed by atoms with van der Waals surface area (Å²) >= 11 is 5.74. The molecule has 2 nitrogen and oxygen atoms in total. The minimum absolute atomic E-state index is 0.237. The van der Waals surface area contributed by atoms with Crippen LogP contribution in [0.3, 0.4) is 0 Å². The molecule has 0 aliphatic carbocycles. The molecule has 1 aromatic rings. The molecule has 16 heavy (non-hydrogen) atoms. The third-order valence-electron chi connectivity index (χ3n) is 2.90. The topological polar surface area (TPSA) is 29.1 Å². The number of halogens is 2. The minimum Gasteiger partial charge on any atom is -0.353 e. The second-order valence-electron chi connectivity index (χ2n) is 4.02. The van der Waals surface area contributed by atoms with Crippen LogP contribution in [0.25, 0.3) is 0 Å². The molecule has 0 unspecified atom stereocenters. The summed E-state index contributed by atoms with van der Waals surface area (Å²) in [6, 6.07) is 6.37. The van der Waals surface area contributed by atoms with Crippen molar-refractivity contribution >= 4 is 17.5 Å². The van der Waals surface area contributed by atoms with Gasteiger partial charge in [-0.15, -0.1) is 0 Å². The standard InChI is InChI=1S/C12H13ClFNO/c13-10-5-3-9(4-6-10)12(14)7-1-2-8-15-11(12)16/h3-6H,1-2,7-8H2,(H,15,16)/t12-/m0/s1. The summed E-state index contributed by atoms with van der Waals surface area (Å²) in [5, 5.41) is 3.14. The number of hydrogen-bond donors (Lipinski definition) is 1. The SMILES string of the molecule is O=C1NCCCC[C@]1(F)c1ccc(Cl)cc1. The smallest absolute Gasteiger partial charge is 0.262 e. The Morgan fingerprint density at radius 2 is 1.94 bits per heavy atom. The lowest BCUT2D eigenvalue weighted by Crippen LogP contribution is -2.39. The van der Waals surface area contributed by atoms with Gasteiger partial charge in [0, 0.05) is 11.6 Å². The average molecular weight is 242 g/mol. The maximum Gasteiger partial charge on any atom is 0.262 e. The Morgan fingerprint density at radius 1 is 1.25 bits per heavy atom. The molecule has 0 aromatic heterocycles. The van der Waals surface area contributed by atoms with Gasteiger partial charge in [-0.1, -0.05) is 23.7 Å². The van der Waals surface area contributed by atoms with Crippen molar-refractivity contribution in [3.8, 4) is 0 Å².